The highest BCUT2D eigenvalue weighted by atomic mass is 79.9. The lowest BCUT2D eigenvalue weighted by molar-refractivity contribution is 1.57. The molecule has 2 heteroatoms. The molecule has 0 fully saturated rings. The van der Waals surface area contributed by atoms with Gasteiger partial charge in [0.2, 0.25) is 0 Å². The summed E-state index contributed by atoms with van der Waals surface area (Å²) in [5, 5.41) is 0. The summed E-state index contributed by atoms with van der Waals surface area (Å²) < 4.78 is 0.871. The monoisotopic (exact) mass is 173 g/mol. The van der Waals surface area contributed by atoms with E-state index in [4.69, 9.17) is 0 Å². The van der Waals surface area contributed by atoms with E-state index >= 15 is 0 Å². The van der Waals surface area contributed by atoms with Gasteiger partial charge in [-0.25, -0.2) is 0 Å². The molecule has 0 aliphatic carbocycles. The molecule has 0 amide bonds. The minimum atomic E-state index is 0.871. The molecule has 44 valence electrons. The topological polar surface area (TPSA) is 12.4 Å². The zero-order chi connectivity index (χ0) is 6.41. The number of aliphatic imine (C=N–C) groups is 1. The lowest BCUT2D eigenvalue weighted by Gasteiger charge is -1.76. The Hall–Kier alpha value is -0.370. The first-order valence-corrected chi connectivity index (χ1v) is 3.04. The van der Waals surface area contributed by atoms with E-state index in [-0.39, 0.29) is 0 Å². The minimum Gasteiger partial charge on any atom is -0.254 e. The van der Waals surface area contributed by atoms with Crippen LogP contribution in [0.25, 0.3) is 0 Å². The van der Waals surface area contributed by atoms with Crippen molar-refractivity contribution in [1.29, 1.82) is 0 Å². The molecule has 0 saturated carbocycles. The number of nitrogens with zero attached hydrogens (tertiary/aromatic N) is 1. The Labute approximate surface area is 57.9 Å². The summed E-state index contributed by atoms with van der Waals surface area (Å²) >= 11 is 3.17. The molecule has 0 aliphatic rings. The molecule has 0 N–H and O–H groups in total. The average Bonchev–Trinajstić information content (AvgIpc) is 1.66. The lowest BCUT2D eigenvalue weighted by Crippen LogP contribution is -1.67. The Morgan fingerprint density at radius 2 is 2.38 bits per heavy atom. The summed E-state index contributed by atoms with van der Waals surface area (Å²) in [6, 6.07) is 0. The second kappa shape index (κ2) is 4.78. The van der Waals surface area contributed by atoms with Crippen LogP contribution in [0.15, 0.2) is 29.9 Å². The standard InChI is InChI=1S/C6H8BrN/c1-3-4-5-8-6(2)7/h3-5H,1H2,2H3/b5-4-,8-6+. The molecule has 8 heavy (non-hydrogen) atoms. The maximum Gasteiger partial charge on any atom is 0.0798 e. The van der Waals surface area contributed by atoms with Gasteiger partial charge in [0.15, 0.2) is 0 Å². The molecule has 0 unspecified atom stereocenters. The van der Waals surface area contributed by atoms with Crippen molar-refractivity contribution < 1.29 is 0 Å². The number of hydrogen-bond donors (Lipinski definition) is 0. The van der Waals surface area contributed by atoms with Crippen molar-refractivity contribution >= 4 is 20.6 Å². The third-order valence-corrected chi connectivity index (χ3v) is 0.679. The zero-order valence-electron chi connectivity index (χ0n) is 4.76. The van der Waals surface area contributed by atoms with E-state index in [1.807, 2.05) is 6.92 Å². The maximum absolute atomic E-state index is 3.90. The minimum absolute atomic E-state index is 0.871. The van der Waals surface area contributed by atoms with Crippen molar-refractivity contribution in [2.24, 2.45) is 4.99 Å². The summed E-state index contributed by atoms with van der Waals surface area (Å²) in [6.45, 7) is 5.35. The van der Waals surface area contributed by atoms with E-state index in [0.717, 1.165) is 4.62 Å². The first kappa shape index (κ1) is 7.63. The quantitative estimate of drug-likeness (QED) is 0.450. The molecule has 0 heterocycles. The molecule has 0 saturated heterocycles. The van der Waals surface area contributed by atoms with Gasteiger partial charge in [-0.2, -0.15) is 0 Å². The molecule has 0 aliphatic heterocycles. The molecule has 0 rings (SSSR count). The Balaban J connectivity index is 3.57. The van der Waals surface area contributed by atoms with E-state index in [2.05, 4.69) is 27.5 Å². The van der Waals surface area contributed by atoms with Gasteiger partial charge in [0.1, 0.15) is 0 Å². The van der Waals surface area contributed by atoms with Crippen LogP contribution in [0.4, 0.5) is 0 Å². The van der Waals surface area contributed by atoms with Crippen molar-refractivity contribution in [3.63, 3.8) is 0 Å². The Morgan fingerprint density at radius 1 is 1.75 bits per heavy atom. The average molecular weight is 174 g/mol. The summed E-state index contributed by atoms with van der Waals surface area (Å²) in [4.78, 5) is 3.90. The van der Waals surface area contributed by atoms with Crippen molar-refractivity contribution in [3.05, 3.63) is 24.9 Å². The predicted octanol–water partition coefficient (Wildman–Crippen LogP) is 2.50. The van der Waals surface area contributed by atoms with Gasteiger partial charge in [0.25, 0.3) is 0 Å². The molecular weight excluding hydrogens is 166 g/mol. The van der Waals surface area contributed by atoms with Crippen LogP contribution in [0.5, 0.6) is 0 Å². The SMILES string of the molecule is C=C/C=C\N=C(/C)Br. The summed E-state index contributed by atoms with van der Waals surface area (Å²) in [6.07, 6.45) is 5.13. The van der Waals surface area contributed by atoms with Gasteiger partial charge >= 0.3 is 0 Å². The van der Waals surface area contributed by atoms with Gasteiger partial charge in [-0.15, -0.1) is 0 Å². The summed E-state index contributed by atoms with van der Waals surface area (Å²) in [5.41, 5.74) is 0. The fraction of sp³-hybridized carbons (Fsp3) is 0.167. The fourth-order valence-electron chi connectivity index (χ4n) is 0.207. The van der Waals surface area contributed by atoms with E-state index in [0.29, 0.717) is 0 Å². The van der Waals surface area contributed by atoms with Crippen LogP contribution in [0, 0.1) is 0 Å². The summed E-state index contributed by atoms with van der Waals surface area (Å²) in [5.74, 6) is 0. The van der Waals surface area contributed by atoms with E-state index < -0.39 is 0 Å². The van der Waals surface area contributed by atoms with Crippen molar-refractivity contribution in [2.75, 3.05) is 0 Å². The highest BCUT2D eigenvalue weighted by molar-refractivity contribution is 9.18. The van der Waals surface area contributed by atoms with Crippen LogP contribution in [0.2, 0.25) is 0 Å². The van der Waals surface area contributed by atoms with Crippen molar-refractivity contribution in [1.82, 2.24) is 0 Å². The smallest absolute Gasteiger partial charge is 0.0798 e. The van der Waals surface area contributed by atoms with Crippen molar-refractivity contribution in [3.8, 4) is 0 Å². The second-order valence-electron chi connectivity index (χ2n) is 1.20. The van der Waals surface area contributed by atoms with E-state index in [1.54, 1.807) is 18.4 Å². The van der Waals surface area contributed by atoms with Gasteiger partial charge < -0.3 is 0 Å². The van der Waals surface area contributed by atoms with Gasteiger partial charge in [-0.05, 0) is 28.9 Å². The largest absolute Gasteiger partial charge is 0.254 e. The van der Waals surface area contributed by atoms with E-state index in [9.17, 15) is 0 Å². The molecule has 0 aromatic rings. The van der Waals surface area contributed by atoms with Crippen LogP contribution >= 0.6 is 15.9 Å². The highest BCUT2D eigenvalue weighted by Crippen LogP contribution is 1.87. The molecule has 0 bridgehead atoms. The number of hydrogen-bond acceptors (Lipinski definition) is 1. The molecule has 0 atom stereocenters. The van der Waals surface area contributed by atoms with E-state index in [1.165, 1.54) is 0 Å². The third-order valence-electron chi connectivity index (χ3n) is 0.475. The van der Waals surface area contributed by atoms with Crippen LogP contribution in [0.1, 0.15) is 6.92 Å². The number of rotatable bonds is 2. The Kier molecular flexibility index (Phi) is 4.56. The van der Waals surface area contributed by atoms with Crippen LogP contribution < -0.4 is 0 Å². The van der Waals surface area contributed by atoms with Crippen LogP contribution in [-0.4, -0.2) is 4.62 Å². The normalized spacial score (nSPS) is 12.5. The molecule has 0 radical (unpaired) electrons. The van der Waals surface area contributed by atoms with Gasteiger partial charge in [-0.3, -0.25) is 4.99 Å². The summed E-state index contributed by atoms with van der Waals surface area (Å²) in [7, 11) is 0. The van der Waals surface area contributed by atoms with Crippen LogP contribution in [-0.2, 0) is 0 Å². The fourth-order valence-corrected chi connectivity index (χ4v) is 0.325. The second-order valence-corrected chi connectivity index (χ2v) is 2.35. The first-order chi connectivity index (χ1) is 3.77. The molecule has 0 spiro atoms. The van der Waals surface area contributed by atoms with Crippen molar-refractivity contribution in [2.45, 2.75) is 6.92 Å². The third kappa shape index (κ3) is 5.63. The zero-order valence-corrected chi connectivity index (χ0v) is 6.35. The Bertz CT molecular complexity index is 120. The number of allylic oxidation sites excluding steroid dienone is 2. The predicted molar refractivity (Wildman–Crippen MR) is 41.4 cm³/mol. The lowest BCUT2D eigenvalue weighted by atomic mass is 10.6. The number of halogens is 1. The Morgan fingerprint density at radius 3 is 2.75 bits per heavy atom. The molecule has 0 aromatic heterocycles. The maximum atomic E-state index is 3.90. The highest BCUT2D eigenvalue weighted by Gasteiger charge is 1.70. The van der Waals surface area contributed by atoms with Gasteiger partial charge in [-0.1, -0.05) is 12.7 Å². The molecular formula is C6H8BrN. The van der Waals surface area contributed by atoms with Gasteiger partial charge in [0, 0.05) is 6.20 Å². The van der Waals surface area contributed by atoms with Gasteiger partial charge in [0.05, 0.1) is 4.62 Å². The molecule has 1 nitrogen and oxygen atoms in total. The van der Waals surface area contributed by atoms with Crippen LogP contribution in [0.3, 0.4) is 0 Å². The first-order valence-electron chi connectivity index (χ1n) is 2.25. The molecule has 0 aromatic carbocycles.